The Morgan fingerprint density at radius 1 is 0.641 bits per heavy atom. The van der Waals surface area contributed by atoms with Gasteiger partial charge in [0.1, 0.15) is 0 Å². The van der Waals surface area contributed by atoms with Gasteiger partial charge in [0.15, 0.2) is 0 Å². The molecule has 0 saturated carbocycles. The summed E-state index contributed by atoms with van der Waals surface area (Å²) in [5.41, 5.74) is 4.68. The van der Waals surface area contributed by atoms with Crippen LogP contribution in [0.15, 0.2) is 128 Å². The monoisotopic (exact) mass is 685 g/mol. The molecule has 2 heterocycles. The predicted molar refractivity (Wildman–Crippen MR) is 156 cm³/mol. The van der Waals surface area contributed by atoms with Crippen LogP contribution in [0.25, 0.3) is 27.4 Å². The summed E-state index contributed by atoms with van der Waals surface area (Å²) in [7, 11) is 0. The van der Waals surface area contributed by atoms with Crippen molar-refractivity contribution in [3.8, 4) is 28.4 Å². The standard InChI is InChI=1S/2C11H8N.C8H5.C5H9N.Ir/c2*1-2-6-10(7-3-1)11-8-4-5-9-12-11;1-2-8-6-4-3-5-7-8;1-5(2,3)6-4;/h2*1-6,8-9H;3-7H;1-3H3;/q3*-1;;. The van der Waals surface area contributed by atoms with Crippen molar-refractivity contribution in [2.45, 2.75) is 26.3 Å². The molecule has 5 rings (SSSR count). The molecule has 2 aromatic heterocycles. The normalized spacial score (nSPS) is 9.15. The first-order valence-corrected chi connectivity index (χ1v) is 12.1. The summed E-state index contributed by atoms with van der Waals surface area (Å²) in [6, 6.07) is 43.0. The molecule has 1 radical (unpaired) electrons. The molecule has 0 amide bonds. The van der Waals surface area contributed by atoms with Crippen molar-refractivity contribution < 1.29 is 20.1 Å². The SMILES string of the molecule is [C-]#Cc1ccccc1.[C-]#[N+]C(C)(C)C.[Ir].[c-]1ccccc1-c1ccccn1.[c-]1ccccc1-c1ccccn1. The van der Waals surface area contributed by atoms with Gasteiger partial charge < -0.3 is 21.2 Å². The van der Waals surface area contributed by atoms with Crippen LogP contribution >= 0.6 is 0 Å². The van der Waals surface area contributed by atoms with Crippen LogP contribution in [0.1, 0.15) is 26.3 Å². The number of benzene rings is 3. The Hall–Kier alpha value is -4.34. The Labute approximate surface area is 247 Å². The molecule has 0 aliphatic carbocycles. The topological polar surface area (TPSA) is 30.1 Å². The maximum absolute atomic E-state index is 6.69. The van der Waals surface area contributed by atoms with Crippen LogP contribution in [-0.2, 0) is 20.1 Å². The zero-order valence-electron chi connectivity index (χ0n) is 22.3. The molecule has 0 aliphatic heterocycles. The third-order valence-corrected chi connectivity index (χ3v) is 4.55. The average molecular weight is 685 g/mol. The summed E-state index contributed by atoms with van der Waals surface area (Å²) < 4.78 is 0. The third kappa shape index (κ3) is 14.2. The number of hydrogen-bond donors (Lipinski definition) is 0. The van der Waals surface area contributed by atoms with Crippen molar-refractivity contribution in [3.05, 3.63) is 163 Å². The molecule has 0 fully saturated rings. The van der Waals surface area contributed by atoms with E-state index in [0.29, 0.717) is 0 Å². The summed E-state index contributed by atoms with van der Waals surface area (Å²) >= 11 is 0. The fourth-order valence-electron chi connectivity index (χ4n) is 2.67. The van der Waals surface area contributed by atoms with Gasteiger partial charge in [-0.3, -0.25) is 5.92 Å². The van der Waals surface area contributed by atoms with Crippen molar-refractivity contribution >= 4 is 0 Å². The van der Waals surface area contributed by atoms with E-state index in [-0.39, 0.29) is 25.6 Å². The molecule has 0 aliphatic rings. The molecule has 3 aromatic carbocycles. The van der Waals surface area contributed by atoms with Crippen LogP contribution in [0, 0.1) is 31.0 Å². The fraction of sp³-hybridized carbons (Fsp3) is 0.114. The zero-order valence-corrected chi connectivity index (χ0v) is 24.7. The first-order chi connectivity index (χ1) is 18.4. The quantitative estimate of drug-likeness (QED) is 0.138. The average Bonchev–Trinajstić information content (AvgIpc) is 3.00. The van der Waals surface area contributed by atoms with Gasteiger partial charge in [0.25, 0.3) is 0 Å². The largest absolute Gasteiger partial charge is 0.366 e. The molecular weight excluding hydrogens is 655 g/mol. The van der Waals surface area contributed by atoms with E-state index in [2.05, 4.69) is 32.9 Å². The maximum atomic E-state index is 6.69. The molecule has 4 heteroatoms. The van der Waals surface area contributed by atoms with Gasteiger partial charge in [-0.25, -0.2) is 6.57 Å². The molecule has 3 nitrogen and oxygen atoms in total. The Kier molecular flexibility index (Phi) is 15.8. The van der Waals surface area contributed by atoms with Gasteiger partial charge >= 0.3 is 0 Å². The summed E-state index contributed by atoms with van der Waals surface area (Å²) in [5, 5.41) is 0. The van der Waals surface area contributed by atoms with Gasteiger partial charge in [-0.1, -0.05) is 42.5 Å². The second-order valence-electron chi connectivity index (χ2n) is 8.76. The minimum atomic E-state index is -0.167. The molecule has 197 valence electrons. The van der Waals surface area contributed by atoms with Gasteiger partial charge in [0, 0.05) is 53.3 Å². The molecular formula is C35H30IrN3-3. The van der Waals surface area contributed by atoms with E-state index in [4.69, 9.17) is 13.0 Å². The van der Waals surface area contributed by atoms with Crippen LogP contribution in [-0.4, -0.2) is 15.5 Å². The molecule has 0 saturated heterocycles. The van der Waals surface area contributed by atoms with Crippen LogP contribution in [0.5, 0.6) is 0 Å². The Bertz CT molecular complexity index is 1220. The number of aromatic nitrogens is 2. The van der Waals surface area contributed by atoms with Gasteiger partial charge in [0.05, 0.1) is 0 Å². The van der Waals surface area contributed by atoms with Crippen molar-refractivity contribution in [1.29, 1.82) is 0 Å². The van der Waals surface area contributed by atoms with Crippen LogP contribution in [0.2, 0.25) is 0 Å². The molecule has 0 N–H and O–H groups in total. The summed E-state index contributed by atoms with van der Waals surface area (Å²) in [6.45, 7) is 12.1. The van der Waals surface area contributed by atoms with Gasteiger partial charge in [-0.2, -0.15) is 0 Å². The van der Waals surface area contributed by atoms with Crippen molar-refractivity contribution in [2.75, 3.05) is 0 Å². The molecule has 5 aromatic rings. The van der Waals surface area contributed by atoms with E-state index < -0.39 is 0 Å². The van der Waals surface area contributed by atoms with E-state index in [1.54, 1.807) is 12.4 Å². The van der Waals surface area contributed by atoms with E-state index in [1.165, 1.54) is 0 Å². The third-order valence-electron chi connectivity index (χ3n) is 4.55. The van der Waals surface area contributed by atoms with Gasteiger partial charge in [0.2, 0.25) is 5.54 Å². The smallest absolute Gasteiger partial charge is 0.224 e. The predicted octanol–water partition coefficient (Wildman–Crippen LogP) is 8.42. The number of pyridine rings is 2. The summed E-state index contributed by atoms with van der Waals surface area (Å²) in [6.07, 6.45) is 10.3. The summed E-state index contributed by atoms with van der Waals surface area (Å²) in [4.78, 5) is 11.7. The Morgan fingerprint density at radius 3 is 1.33 bits per heavy atom. The molecule has 0 unspecified atom stereocenters. The molecule has 39 heavy (non-hydrogen) atoms. The first-order valence-electron chi connectivity index (χ1n) is 12.1. The van der Waals surface area contributed by atoms with Crippen molar-refractivity contribution in [1.82, 2.24) is 9.97 Å². The van der Waals surface area contributed by atoms with E-state index >= 15 is 0 Å². The van der Waals surface area contributed by atoms with Crippen LogP contribution in [0.4, 0.5) is 0 Å². The van der Waals surface area contributed by atoms with Gasteiger partial charge in [-0.05, 0) is 23.5 Å². The van der Waals surface area contributed by atoms with Crippen molar-refractivity contribution in [3.63, 3.8) is 0 Å². The minimum Gasteiger partial charge on any atom is -0.366 e. The second kappa shape index (κ2) is 18.8. The Balaban J connectivity index is 0.000000268. The molecule has 0 atom stereocenters. The second-order valence-corrected chi connectivity index (χ2v) is 8.76. The Morgan fingerprint density at radius 2 is 1.05 bits per heavy atom. The molecule has 0 bridgehead atoms. The van der Waals surface area contributed by atoms with Crippen molar-refractivity contribution in [2.24, 2.45) is 0 Å². The van der Waals surface area contributed by atoms with E-state index in [9.17, 15) is 0 Å². The summed E-state index contributed by atoms with van der Waals surface area (Å²) in [5.74, 6) is 2.28. The zero-order chi connectivity index (χ0) is 27.5. The van der Waals surface area contributed by atoms with Crippen LogP contribution in [0.3, 0.4) is 0 Å². The van der Waals surface area contributed by atoms with E-state index in [0.717, 1.165) is 28.1 Å². The fourth-order valence-corrected chi connectivity index (χ4v) is 2.67. The first kappa shape index (κ1) is 32.7. The molecule has 0 spiro atoms. The number of rotatable bonds is 2. The van der Waals surface area contributed by atoms with Gasteiger partial charge in [-0.15, -0.1) is 89.5 Å². The minimum absolute atomic E-state index is 0. The maximum Gasteiger partial charge on any atom is 0.224 e. The van der Waals surface area contributed by atoms with E-state index in [1.807, 2.05) is 136 Å². The number of hydrogen-bond acceptors (Lipinski definition) is 2. The number of nitrogens with zero attached hydrogens (tertiary/aromatic N) is 3. The van der Waals surface area contributed by atoms with Crippen LogP contribution < -0.4 is 0 Å².